The maximum atomic E-state index is 12.8. The van der Waals surface area contributed by atoms with Gasteiger partial charge in [0.1, 0.15) is 0 Å². The molecule has 0 spiro atoms. The minimum absolute atomic E-state index is 0.0850. The molecule has 1 aromatic carbocycles. The lowest BCUT2D eigenvalue weighted by atomic mass is 10.1. The maximum absolute atomic E-state index is 12.8. The van der Waals surface area contributed by atoms with E-state index in [0.717, 1.165) is 14.5 Å². The lowest BCUT2D eigenvalue weighted by Gasteiger charge is -2.09. The van der Waals surface area contributed by atoms with Crippen LogP contribution in [0.25, 0.3) is 0 Å². The van der Waals surface area contributed by atoms with Gasteiger partial charge in [-0.3, -0.25) is 9.48 Å². The van der Waals surface area contributed by atoms with Crippen molar-refractivity contribution < 1.29 is 9.53 Å². The van der Waals surface area contributed by atoms with Gasteiger partial charge < -0.3 is 4.74 Å². The first-order valence-electron chi connectivity index (χ1n) is 6.18. The second kappa shape index (κ2) is 6.71. The molecule has 0 amide bonds. The van der Waals surface area contributed by atoms with Crippen molar-refractivity contribution in [2.45, 2.75) is 19.9 Å². The zero-order valence-electron chi connectivity index (χ0n) is 11.2. The fourth-order valence-corrected chi connectivity index (χ4v) is 2.84. The molecule has 0 bridgehead atoms. The van der Waals surface area contributed by atoms with Crippen LogP contribution in [0.4, 0.5) is 0 Å². The van der Waals surface area contributed by atoms with Crippen molar-refractivity contribution >= 4 is 44.3 Å². The molecular weight excluding hydrogens is 435 g/mol. The van der Waals surface area contributed by atoms with Crippen molar-refractivity contribution in [3.8, 4) is 5.75 Å². The molecule has 20 heavy (non-hydrogen) atoms. The second-order valence-electron chi connectivity index (χ2n) is 4.24. The normalized spacial score (nSPS) is 10.6. The number of rotatable bonds is 5. The van der Waals surface area contributed by atoms with Crippen LogP contribution in [0.5, 0.6) is 5.75 Å². The highest BCUT2D eigenvalue weighted by Gasteiger charge is 2.22. The molecular formula is C14H14BrIN2O2. The van der Waals surface area contributed by atoms with Gasteiger partial charge in [0.05, 0.1) is 13.3 Å². The van der Waals surface area contributed by atoms with E-state index in [-0.39, 0.29) is 5.78 Å². The van der Waals surface area contributed by atoms with Crippen LogP contribution in [0.15, 0.2) is 28.9 Å². The van der Waals surface area contributed by atoms with Crippen molar-refractivity contribution in [3.05, 3.63) is 43.7 Å². The highest BCUT2D eigenvalue weighted by molar-refractivity contribution is 14.1. The smallest absolute Gasteiger partial charge is 0.216 e. The van der Waals surface area contributed by atoms with Crippen LogP contribution >= 0.6 is 38.5 Å². The summed E-state index contributed by atoms with van der Waals surface area (Å²) in [6.07, 6.45) is 2.49. The van der Waals surface area contributed by atoms with Gasteiger partial charge in [-0.05, 0) is 47.2 Å². The van der Waals surface area contributed by atoms with Gasteiger partial charge in [0.25, 0.3) is 0 Å². The molecule has 2 aromatic rings. The molecule has 4 nitrogen and oxygen atoms in total. The number of nitrogens with zero attached hydrogens (tertiary/aromatic N) is 2. The molecule has 0 aliphatic carbocycles. The van der Waals surface area contributed by atoms with Crippen molar-refractivity contribution in [1.29, 1.82) is 0 Å². The molecule has 0 N–H and O–H groups in total. The number of halogens is 2. The van der Waals surface area contributed by atoms with E-state index in [1.54, 1.807) is 18.0 Å². The Balaban J connectivity index is 2.52. The highest BCUT2D eigenvalue weighted by atomic mass is 127. The molecule has 0 atom stereocenters. The molecule has 2 rings (SSSR count). The van der Waals surface area contributed by atoms with Gasteiger partial charge in [0, 0.05) is 20.2 Å². The lowest BCUT2D eigenvalue weighted by molar-refractivity contribution is 0.102. The number of ether oxygens (including phenoxy) is 1. The molecule has 0 radical (unpaired) electrons. The highest BCUT2D eigenvalue weighted by Crippen LogP contribution is 2.27. The largest absolute Gasteiger partial charge is 0.493 e. The average Bonchev–Trinajstić information content (AvgIpc) is 2.84. The molecule has 1 aromatic heterocycles. The molecule has 0 saturated heterocycles. The second-order valence-corrected chi connectivity index (χ2v) is 6.34. The number of carbonyl (C=O) groups is 1. The molecule has 0 saturated carbocycles. The summed E-state index contributed by atoms with van der Waals surface area (Å²) in [5.41, 5.74) is 1.12. The van der Waals surface area contributed by atoms with Crippen LogP contribution < -0.4 is 4.74 Å². The topological polar surface area (TPSA) is 44.1 Å². The van der Waals surface area contributed by atoms with E-state index in [4.69, 9.17) is 4.74 Å². The van der Waals surface area contributed by atoms with Crippen molar-refractivity contribution in [2.75, 3.05) is 7.11 Å². The summed E-state index contributed by atoms with van der Waals surface area (Å²) < 4.78 is 8.75. The van der Waals surface area contributed by atoms with Crippen LogP contribution in [0.1, 0.15) is 29.4 Å². The molecule has 0 fully saturated rings. The fraction of sp³-hybridized carbons (Fsp3) is 0.286. The Morgan fingerprint density at radius 3 is 2.90 bits per heavy atom. The summed E-state index contributed by atoms with van der Waals surface area (Å²) in [5, 5.41) is 4.23. The minimum atomic E-state index is -0.0850. The quantitative estimate of drug-likeness (QED) is 0.514. The summed E-state index contributed by atoms with van der Waals surface area (Å²) >= 11 is 5.62. The van der Waals surface area contributed by atoms with E-state index in [2.05, 4.69) is 43.6 Å². The van der Waals surface area contributed by atoms with E-state index >= 15 is 0 Å². The first kappa shape index (κ1) is 15.5. The number of aryl methyl sites for hydroxylation is 1. The van der Waals surface area contributed by atoms with Crippen molar-refractivity contribution in [3.63, 3.8) is 0 Å². The summed E-state index contributed by atoms with van der Waals surface area (Å²) in [7, 11) is 1.55. The number of benzene rings is 1. The molecule has 0 unspecified atom stereocenters. The SMILES string of the molecule is CCCn1ncc(OC)c1C(=O)c1cc(I)ccc1Br. The van der Waals surface area contributed by atoms with Crippen LogP contribution in [0.3, 0.4) is 0 Å². The number of carbonyl (C=O) groups excluding carboxylic acids is 1. The minimum Gasteiger partial charge on any atom is -0.493 e. The number of hydrogen-bond acceptors (Lipinski definition) is 3. The standard InChI is InChI=1S/C14H14BrIN2O2/c1-3-6-18-13(12(20-2)8-17-18)14(19)10-7-9(16)4-5-11(10)15/h4-5,7-8H,3,6H2,1-2H3. The van der Waals surface area contributed by atoms with Gasteiger partial charge in [-0.2, -0.15) is 5.10 Å². The number of aromatic nitrogens is 2. The zero-order valence-corrected chi connectivity index (χ0v) is 14.9. The summed E-state index contributed by atoms with van der Waals surface area (Å²) in [6, 6.07) is 5.68. The number of methoxy groups -OCH3 is 1. The van der Waals surface area contributed by atoms with Crippen LogP contribution in [-0.2, 0) is 6.54 Å². The van der Waals surface area contributed by atoms with Gasteiger partial charge in [0.2, 0.25) is 5.78 Å². The van der Waals surface area contributed by atoms with Gasteiger partial charge in [0.15, 0.2) is 11.4 Å². The zero-order chi connectivity index (χ0) is 14.7. The third-order valence-corrected chi connectivity index (χ3v) is 4.21. The summed E-state index contributed by atoms with van der Waals surface area (Å²) in [5.74, 6) is 0.424. The molecule has 1 heterocycles. The fourth-order valence-electron chi connectivity index (χ4n) is 1.93. The van der Waals surface area contributed by atoms with E-state index < -0.39 is 0 Å². The number of ketones is 1. The van der Waals surface area contributed by atoms with E-state index in [0.29, 0.717) is 23.6 Å². The van der Waals surface area contributed by atoms with Crippen LogP contribution in [0, 0.1) is 3.57 Å². The maximum Gasteiger partial charge on any atom is 0.216 e. The van der Waals surface area contributed by atoms with Gasteiger partial charge >= 0.3 is 0 Å². The Morgan fingerprint density at radius 2 is 2.25 bits per heavy atom. The summed E-state index contributed by atoms with van der Waals surface area (Å²) in [6.45, 7) is 2.73. The first-order valence-corrected chi connectivity index (χ1v) is 8.05. The van der Waals surface area contributed by atoms with E-state index in [1.165, 1.54) is 0 Å². The monoisotopic (exact) mass is 448 g/mol. The van der Waals surface area contributed by atoms with Gasteiger partial charge in [-0.15, -0.1) is 0 Å². The molecule has 0 aliphatic heterocycles. The predicted octanol–water partition coefficient (Wildman–Crippen LogP) is 3.90. The third-order valence-electron chi connectivity index (χ3n) is 2.85. The first-order chi connectivity index (χ1) is 9.58. The average molecular weight is 449 g/mol. The summed E-state index contributed by atoms with van der Waals surface area (Å²) in [4.78, 5) is 12.8. The molecule has 0 aliphatic rings. The van der Waals surface area contributed by atoms with E-state index in [1.807, 2.05) is 25.1 Å². The van der Waals surface area contributed by atoms with Crippen LogP contribution in [-0.4, -0.2) is 22.7 Å². The van der Waals surface area contributed by atoms with Crippen LogP contribution in [0.2, 0.25) is 0 Å². The Kier molecular flexibility index (Phi) is 5.20. The molecule has 106 valence electrons. The van der Waals surface area contributed by atoms with Crippen molar-refractivity contribution in [1.82, 2.24) is 9.78 Å². The Hall–Kier alpha value is -0.890. The number of hydrogen-bond donors (Lipinski definition) is 0. The Morgan fingerprint density at radius 1 is 1.50 bits per heavy atom. The lowest BCUT2D eigenvalue weighted by Crippen LogP contribution is -2.13. The van der Waals surface area contributed by atoms with E-state index in [9.17, 15) is 4.79 Å². The Labute approximate surface area is 139 Å². The van der Waals surface area contributed by atoms with Gasteiger partial charge in [-0.1, -0.05) is 22.9 Å². The third kappa shape index (κ3) is 3.06. The molecule has 6 heteroatoms. The van der Waals surface area contributed by atoms with Crippen molar-refractivity contribution in [2.24, 2.45) is 0 Å². The van der Waals surface area contributed by atoms with Gasteiger partial charge in [-0.25, -0.2) is 0 Å². The predicted molar refractivity (Wildman–Crippen MR) is 89.4 cm³/mol. The Bertz CT molecular complexity index is 640.